The largest absolute Gasteiger partial charge is 0.346 e. The molecule has 5 rings (SSSR count). The smallest absolute Gasteiger partial charge is 0.257 e. The monoisotopic (exact) mass is 430 g/mol. The van der Waals surface area contributed by atoms with Crippen LogP contribution in [0.25, 0.3) is 21.6 Å². The highest BCUT2D eigenvalue weighted by atomic mass is 32.1. The standard InChI is InChI=1S/C23H22N6OS/c1-16-18(15-25-21(26-16)17-6-4-9-24-14-17)22(30)28-10-5-11-29(13-12-28)23-27-19-7-2-3-8-20(19)31-23/h2-4,6-9,14-15H,5,10-13H2,1H3. The summed E-state index contributed by atoms with van der Waals surface area (Å²) in [4.78, 5) is 35.3. The fourth-order valence-electron chi connectivity index (χ4n) is 3.79. The second-order valence-corrected chi connectivity index (χ2v) is 8.54. The van der Waals surface area contributed by atoms with Gasteiger partial charge in [-0.15, -0.1) is 0 Å². The van der Waals surface area contributed by atoms with Crippen LogP contribution < -0.4 is 4.90 Å². The quantitative estimate of drug-likeness (QED) is 0.492. The first kappa shape index (κ1) is 19.6. The number of anilines is 1. The molecule has 0 atom stereocenters. The van der Waals surface area contributed by atoms with Gasteiger partial charge in [0.05, 0.1) is 21.5 Å². The third kappa shape index (κ3) is 3.98. The molecule has 31 heavy (non-hydrogen) atoms. The van der Waals surface area contributed by atoms with Crippen molar-refractivity contribution < 1.29 is 4.79 Å². The molecular weight excluding hydrogens is 408 g/mol. The molecule has 1 saturated heterocycles. The highest BCUT2D eigenvalue weighted by Crippen LogP contribution is 2.29. The van der Waals surface area contributed by atoms with Crippen molar-refractivity contribution in [2.45, 2.75) is 13.3 Å². The minimum Gasteiger partial charge on any atom is -0.346 e. The number of rotatable bonds is 3. The van der Waals surface area contributed by atoms with Gasteiger partial charge in [0.1, 0.15) is 0 Å². The first-order valence-electron chi connectivity index (χ1n) is 10.3. The van der Waals surface area contributed by atoms with Crippen molar-refractivity contribution >= 4 is 32.6 Å². The molecule has 0 bridgehead atoms. The maximum atomic E-state index is 13.2. The van der Waals surface area contributed by atoms with E-state index in [-0.39, 0.29) is 5.91 Å². The fourth-order valence-corrected chi connectivity index (χ4v) is 4.81. The topological polar surface area (TPSA) is 75.1 Å². The number of carbonyl (C=O) groups is 1. The summed E-state index contributed by atoms with van der Waals surface area (Å²) >= 11 is 1.71. The van der Waals surface area contributed by atoms with Crippen LogP contribution in [0.4, 0.5) is 5.13 Å². The first-order valence-corrected chi connectivity index (χ1v) is 11.1. The van der Waals surface area contributed by atoms with Crippen LogP contribution in [0, 0.1) is 6.92 Å². The van der Waals surface area contributed by atoms with Crippen LogP contribution in [-0.4, -0.2) is 56.9 Å². The molecular formula is C23H22N6OS. The normalized spacial score (nSPS) is 14.6. The van der Waals surface area contributed by atoms with Crippen LogP contribution in [-0.2, 0) is 0 Å². The third-order valence-corrected chi connectivity index (χ3v) is 6.56. The predicted octanol–water partition coefficient (Wildman–Crippen LogP) is 3.81. The van der Waals surface area contributed by atoms with E-state index < -0.39 is 0 Å². The number of fused-ring (bicyclic) bond motifs is 1. The number of aryl methyl sites for hydroxylation is 1. The van der Waals surface area contributed by atoms with Crippen LogP contribution in [0.1, 0.15) is 22.5 Å². The average Bonchev–Trinajstić information content (AvgIpc) is 3.08. The number of benzene rings is 1. The van der Waals surface area contributed by atoms with Gasteiger partial charge in [-0.2, -0.15) is 0 Å². The number of hydrogen-bond donors (Lipinski definition) is 0. The maximum Gasteiger partial charge on any atom is 0.257 e. The summed E-state index contributed by atoms with van der Waals surface area (Å²) in [6.45, 7) is 4.88. The zero-order chi connectivity index (χ0) is 21.2. The Morgan fingerprint density at radius 3 is 2.71 bits per heavy atom. The number of para-hydroxylation sites is 1. The molecule has 7 nitrogen and oxygen atoms in total. The predicted molar refractivity (Wildman–Crippen MR) is 122 cm³/mol. The van der Waals surface area contributed by atoms with Gasteiger partial charge in [0.15, 0.2) is 11.0 Å². The molecule has 1 fully saturated rings. The number of pyridine rings is 1. The number of carbonyl (C=O) groups excluding carboxylic acids is 1. The van der Waals surface area contributed by atoms with Crippen LogP contribution in [0.3, 0.4) is 0 Å². The van der Waals surface area contributed by atoms with Crippen molar-refractivity contribution in [2.75, 3.05) is 31.1 Å². The lowest BCUT2D eigenvalue weighted by Crippen LogP contribution is -2.35. The van der Waals surface area contributed by atoms with Gasteiger partial charge in [-0.1, -0.05) is 23.5 Å². The molecule has 4 aromatic rings. The van der Waals surface area contributed by atoms with E-state index in [1.165, 1.54) is 4.70 Å². The number of hydrogen-bond acceptors (Lipinski definition) is 7. The molecule has 0 spiro atoms. The summed E-state index contributed by atoms with van der Waals surface area (Å²) in [5.41, 5.74) is 3.11. The van der Waals surface area contributed by atoms with Gasteiger partial charge in [-0.25, -0.2) is 15.0 Å². The van der Waals surface area contributed by atoms with Crippen molar-refractivity contribution in [3.05, 3.63) is 66.2 Å². The zero-order valence-electron chi connectivity index (χ0n) is 17.2. The van der Waals surface area contributed by atoms with Gasteiger partial charge in [-0.05, 0) is 37.6 Å². The first-order chi connectivity index (χ1) is 15.2. The summed E-state index contributed by atoms with van der Waals surface area (Å²) in [7, 11) is 0. The van der Waals surface area contributed by atoms with Crippen LogP contribution >= 0.6 is 11.3 Å². The van der Waals surface area contributed by atoms with Crippen molar-refractivity contribution in [3.8, 4) is 11.4 Å². The van der Waals surface area contributed by atoms with Crippen molar-refractivity contribution in [2.24, 2.45) is 0 Å². The van der Waals surface area contributed by atoms with Crippen LogP contribution in [0.15, 0.2) is 55.0 Å². The molecule has 1 aromatic carbocycles. The Morgan fingerprint density at radius 2 is 1.90 bits per heavy atom. The van der Waals surface area contributed by atoms with Gasteiger partial charge in [-0.3, -0.25) is 9.78 Å². The van der Waals surface area contributed by atoms with Gasteiger partial charge < -0.3 is 9.80 Å². The lowest BCUT2D eigenvalue weighted by molar-refractivity contribution is 0.0765. The molecule has 0 unspecified atom stereocenters. The van der Waals surface area contributed by atoms with Gasteiger partial charge in [0.2, 0.25) is 0 Å². The van der Waals surface area contributed by atoms with E-state index in [0.29, 0.717) is 30.2 Å². The SMILES string of the molecule is Cc1nc(-c2cccnc2)ncc1C(=O)N1CCCN(c2nc3ccccc3s2)CC1. The third-order valence-electron chi connectivity index (χ3n) is 5.47. The van der Waals surface area contributed by atoms with Crippen LogP contribution in [0.5, 0.6) is 0 Å². The molecule has 4 heterocycles. The minimum absolute atomic E-state index is 0.0126. The maximum absolute atomic E-state index is 13.2. The van der Waals surface area contributed by atoms with Gasteiger partial charge >= 0.3 is 0 Å². The van der Waals surface area contributed by atoms with E-state index in [9.17, 15) is 4.79 Å². The van der Waals surface area contributed by atoms with Crippen LogP contribution in [0.2, 0.25) is 0 Å². The highest BCUT2D eigenvalue weighted by Gasteiger charge is 2.24. The Kier molecular flexibility index (Phi) is 5.30. The van der Waals surface area contributed by atoms with Crippen molar-refractivity contribution in [3.63, 3.8) is 0 Å². The van der Waals surface area contributed by atoms with Gasteiger partial charge in [0, 0.05) is 50.3 Å². The lowest BCUT2D eigenvalue weighted by Gasteiger charge is -2.22. The van der Waals surface area contributed by atoms with Gasteiger partial charge in [0.25, 0.3) is 5.91 Å². The molecule has 8 heteroatoms. The Morgan fingerprint density at radius 1 is 1.00 bits per heavy atom. The fraction of sp³-hybridized carbons (Fsp3) is 0.261. The van der Waals surface area contributed by atoms with E-state index in [4.69, 9.17) is 4.98 Å². The van der Waals surface area contributed by atoms with E-state index >= 15 is 0 Å². The molecule has 1 amide bonds. The number of aromatic nitrogens is 4. The van der Waals surface area contributed by atoms with E-state index in [0.717, 1.165) is 35.7 Å². The molecule has 1 aliphatic rings. The molecule has 1 aliphatic heterocycles. The molecule has 3 aromatic heterocycles. The Bertz CT molecular complexity index is 1190. The summed E-state index contributed by atoms with van der Waals surface area (Å²) in [6, 6.07) is 12.0. The average molecular weight is 431 g/mol. The number of amides is 1. The lowest BCUT2D eigenvalue weighted by atomic mass is 10.2. The Hall–Kier alpha value is -3.39. The molecule has 0 aliphatic carbocycles. The molecule has 0 N–H and O–H groups in total. The summed E-state index contributed by atoms with van der Waals surface area (Å²) < 4.78 is 1.19. The van der Waals surface area contributed by atoms with Crippen molar-refractivity contribution in [1.82, 2.24) is 24.8 Å². The van der Waals surface area contributed by atoms with E-state index in [2.05, 4.69) is 25.9 Å². The second-order valence-electron chi connectivity index (χ2n) is 7.53. The Balaban J connectivity index is 1.31. The minimum atomic E-state index is -0.0126. The zero-order valence-corrected chi connectivity index (χ0v) is 18.0. The molecule has 156 valence electrons. The number of thiazole rings is 1. The highest BCUT2D eigenvalue weighted by molar-refractivity contribution is 7.22. The van der Waals surface area contributed by atoms with E-state index in [1.54, 1.807) is 29.9 Å². The summed E-state index contributed by atoms with van der Waals surface area (Å²) in [5, 5.41) is 1.02. The number of nitrogens with zero attached hydrogens (tertiary/aromatic N) is 6. The second kappa shape index (κ2) is 8.39. The summed E-state index contributed by atoms with van der Waals surface area (Å²) in [6.07, 6.45) is 5.98. The van der Waals surface area contributed by atoms with E-state index in [1.807, 2.05) is 42.2 Å². The molecule has 0 radical (unpaired) electrons. The Labute approximate surface area is 184 Å². The molecule has 0 saturated carbocycles. The summed E-state index contributed by atoms with van der Waals surface area (Å²) in [5.74, 6) is 0.571. The van der Waals surface area contributed by atoms with Crippen molar-refractivity contribution in [1.29, 1.82) is 0 Å².